The van der Waals surface area contributed by atoms with Crippen molar-refractivity contribution in [1.29, 1.82) is 0 Å². The summed E-state index contributed by atoms with van der Waals surface area (Å²) in [5, 5.41) is 15.0. The van der Waals surface area contributed by atoms with Gasteiger partial charge in [-0.25, -0.2) is 10.0 Å². The van der Waals surface area contributed by atoms with Crippen LogP contribution in [0, 0.1) is 0 Å². The van der Waals surface area contributed by atoms with Crippen LogP contribution in [-0.4, -0.2) is 41.9 Å². The molecule has 0 saturated carbocycles. The normalized spacial score (nSPS) is 16.3. The molecule has 0 atom stereocenters. The molecule has 0 amide bonds. The van der Waals surface area contributed by atoms with Gasteiger partial charge in [0.15, 0.2) is 11.5 Å². The van der Waals surface area contributed by atoms with Crippen LogP contribution in [0.25, 0.3) is 0 Å². The maximum atomic E-state index is 10.2. The first-order chi connectivity index (χ1) is 9.76. The lowest BCUT2D eigenvalue weighted by Crippen LogP contribution is -2.42. The second kappa shape index (κ2) is 9.13. The van der Waals surface area contributed by atoms with Crippen molar-refractivity contribution in [2.24, 2.45) is 0 Å². The van der Waals surface area contributed by atoms with Crippen LogP contribution >= 0.6 is 12.4 Å². The van der Waals surface area contributed by atoms with Crippen LogP contribution in [0.5, 0.6) is 11.5 Å². The van der Waals surface area contributed by atoms with Crippen molar-refractivity contribution < 1.29 is 9.84 Å². The van der Waals surface area contributed by atoms with Gasteiger partial charge in [-0.3, -0.25) is 0 Å². The molecule has 4 nitrogen and oxygen atoms in total. The largest absolute Gasteiger partial charge is 0.504 e. The molecule has 1 aromatic carbocycles. The van der Waals surface area contributed by atoms with E-state index in [0.717, 1.165) is 31.7 Å². The lowest BCUT2D eigenvalue weighted by atomic mass is 10.2. The lowest BCUT2D eigenvalue weighted by molar-refractivity contribution is -0.0263. The summed E-state index contributed by atoms with van der Waals surface area (Å²) in [5.41, 5.74) is 0.926. The highest BCUT2D eigenvalue weighted by Gasteiger charge is 2.18. The molecule has 21 heavy (non-hydrogen) atoms. The first-order valence-electron chi connectivity index (χ1n) is 7.61. The summed E-state index contributed by atoms with van der Waals surface area (Å²) in [4.78, 5) is 0. The predicted octanol–water partition coefficient (Wildman–Crippen LogP) is 3.44. The molecule has 0 bridgehead atoms. The highest BCUT2D eigenvalue weighted by molar-refractivity contribution is 5.85. The van der Waals surface area contributed by atoms with Crippen molar-refractivity contribution in [3.05, 3.63) is 23.8 Å². The Hall–Kier alpha value is -0.970. The predicted molar refractivity (Wildman–Crippen MR) is 88.0 cm³/mol. The summed E-state index contributed by atoms with van der Waals surface area (Å²) in [5.74, 6) is 0.817. The number of ether oxygens (including phenoxy) is 1. The van der Waals surface area contributed by atoms with Crippen molar-refractivity contribution in [2.75, 3.05) is 26.7 Å². The minimum atomic E-state index is 0. The van der Waals surface area contributed by atoms with E-state index >= 15 is 0 Å². The number of methoxy groups -OCH3 is 1. The van der Waals surface area contributed by atoms with Gasteiger partial charge in [0.05, 0.1) is 7.11 Å². The van der Waals surface area contributed by atoms with Gasteiger partial charge in [0.2, 0.25) is 0 Å². The fraction of sp³-hybridized carbons (Fsp3) is 0.625. The molecule has 1 saturated heterocycles. The fourth-order valence-corrected chi connectivity index (χ4v) is 2.81. The molecule has 1 aliphatic rings. The van der Waals surface area contributed by atoms with Crippen molar-refractivity contribution in [2.45, 2.75) is 39.2 Å². The van der Waals surface area contributed by atoms with E-state index in [2.05, 4.69) is 16.9 Å². The molecule has 1 heterocycles. The van der Waals surface area contributed by atoms with E-state index in [0.29, 0.717) is 5.75 Å². The maximum absolute atomic E-state index is 10.2. The van der Waals surface area contributed by atoms with Crippen LogP contribution < -0.4 is 4.74 Å². The summed E-state index contributed by atoms with van der Waals surface area (Å²) in [7, 11) is 1.59. The summed E-state index contributed by atoms with van der Waals surface area (Å²) in [6, 6.07) is 5.70. The molecule has 5 heteroatoms. The first-order valence-corrected chi connectivity index (χ1v) is 7.61. The number of nitrogens with zero attached hydrogens (tertiary/aromatic N) is 2. The van der Waals surface area contributed by atoms with Gasteiger partial charge < -0.3 is 9.84 Å². The average molecular weight is 315 g/mol. The molecule has 120 valence electrons. The van der Waals surface area contributed by atoms with Crippen molar-refractivity contribution in [3.8, 4) is 11.5 Å². The molecule has 0 aromatic heterocycles. The summed E-state index contributed by atoms with van der Waals surface area (Å²) in [6.07, 6.45) is 5.19. The van der Waals surface area contributed by atoms with Gasteiger partial charge in [-0.1, -0.05) is 31.9 Å². The first kappa shape index (κ1) is 18.1. The number of hydrogen-bond donors (Lipinski definition) is 1. The quantitative estimate of drug-likeness (QED) is 0.903. The average Bonchev–Trinajstić information content (AvgIpc) is 2.75. The van der Waals surface area contributed by atoms with E-state index in [1.54, 1.807) is 13.2 Å². The number of halogens is 1. The molecule has 0 aliphatic carbocycles. The highest BCUT2D eigenvalue weighted by Crippen LogP contribution is 2.30. The van der Waals surface area contributed by atoms with Crippen LogP contribution in [0.2, 0.25) is 0 Å². The van der Waals surface area contributed by atoms with Crippen LogP contribution in [0.15, 0.2) is 18.2 Å². The Morgan fingerprint density at radius 1 is 1.19 bits per heavy atom. The third-order valence-electron chi connectivity index (χ3n) is 4.00. The molecule has 0 spiro atoms. The Kier molecular flexibility index (Phi) is 7.86. The monoisotopic (exact) mass is 314 g/mol. The summed E-state index contributed by atoms with van der Waals surface area (Å²) in [6.45, 7) is 6.11. The zero-order chi connectivity index (χ0) is 14.4. The van der Waals surface area contributed by atoms with Gasteiger partial charge in [0.1, 0.15) is 0 Å². The van der Waals surface area contributed by atoms with Crippen molar-refractivity contribution in [1.82, 2.24) is 10.0 Å². The van der Waals surface area contributed by atoms with E-state index in [1.807, 2.05) is 12.1 Å². The number of benzene rings is 1. The Morgan fingerprint density at radius 3 is 2.43 bits per heavy atom. The van der Waals surface area contributed by atoms with Gasteiger partial charge in [0, 0.05) is 31.7 Å². The standard InChI is InChI=1S/C16H26N2O2.ClH/c1-3-17(18-11-6-4-5-7-12-18)13-14-9-8-10-15(20-2)16(14)19;/h8-10,19H,3-7,11-13H2,1-2H3;1H. The molecule has 0 radical (unpaired) electrons. The van der Waals surface area contributed by atoms with Crippen molar-refractivity contribution >= 4 is 12.4 Å². The number of phenols is 1. The zero-order valence-electron chi connectivity index (χ0n) is 13.0. The van der Waals surface area contributed by atoms with Gasteiger partial charge in [-0.2, -0.15) is 0 Å². The van der Waals surface area contributed by atoms with E-state index in [4.69, 9.17) is 4.74 Å². The van der Waals surface area contributed by atoms with Crippen LogP contribution in [-0.2, 0) is 6.54 Å². The number of para-hydroxylation sites is 1. The highest BCUT2D eigenvalue weighted by atomic mass is 35.5. The Labute approximate surface area is 134 Å². The van der Waals surface area contributed by atoms with Gasteiger partial charge >= 0.3 is 0 Å². The minimum absolute atomic E-state index is 0. The SMILES string of the molecule is CCN(Cc1cccc(OC)c1O)N1CCCCCC1.Cl. The molecule has 1 aliphatic heterocycles. The number of hydrazine groups is 1. The molecule has 1 fully saturated rings. The van der Waals surface area contributed by atoms with E-state index < -0.39 is 0 Å². The third-order valence-corrected chi connectivity index (χ3v) is 4.00. The van der Waals surface area contributed by atoms with Crippen molar-refractivity contribution in [3.63, 3.8) is 0 Å². The van der Waals surface area contributed by atoms with E-state index in [1.165, 1.54) is 25.7 Å². The second-order valence-corrected chi connectivity index (χ2v) is 5.32. The van der Waals surface area contributed by atoms with Gasteiger partial charge in [0.25, 0.3) is 0 Å². The molecular formula is C16H27ClN2O2. The Morgan fingerprint density at radius 2 is 1.86 bits per heavy atom. The molecule has 2 rings (SSSR count). The molecule has 1 N–H and O–H groups in total. The number of phenolic OH excluding ortho intramolecular Hbond substituents is 1. The van der Waals surface area contributed by atoms with Gasteiger partial charge in [-0.15, -0.1) is 12.4 Å². The van der Waals surface area contributed by atoms with Crippen LogP contribution in [0.4, 0.5) is 0 Å². The summed E-state index contributed by atoms with van der Waals surface area (Å²) >= 11 is 0. The molecule has 1 aromatic rings. The van der Waals surface area contributed by atoms with E-state index in [9.17, 15) is 5.11 Å². The maximum Gasteiger partial charge on any atom is 0.162 e. The zero-order valence-corrected chi connectivity index (χ0v) is 13.9. The topological polar surface area (TPSA) is 35.9 Å². The number of rotatable bonds is 5. The second-order valence-electron chi connectivity index (χ2n) is 5.32. The molecule has 0 unspecified atom stereocenters. The number of aromatic hydroxyl groups is 1. The van der Waals surface area contributed by atoms with Crippen LogP contribution in [0.3, 0.4) is 0 Å². The minimum Gasteiger partial charge on any atom is -0.504 e. The Balaban J connectivity index is 0.00000220. The lowest BCUT2D eigenvalue weighted by Gasteiger charge is -2.33. The number of hydrogen-bond acceptors (Lipinski definition) is 4. The smallest absolute Gasteiger partial charge is 0.162 e. The van der Waals surface area contributed by atoms with Gasteiger partial charge in [-0.05, 0) is 18.9 Å². The van der Waals surface area contributed by atoms with E-state index in [-0.39, 0.29) is 18.2 Å². The molecular weight excluding hydrogens is 288 g/mol. The fourth-order valence-electron chi connectivity index (χ4n) is 2.81. The summed E-state index contributed by atoms with van der Waals surface area (Å²) < 4.78 is 5.18. The Bertz CT molecular complexity index is 421. The third kappa shape index (κ3) is 4.77. The van der Waals surface area contributed by atoms with Crippen LogP contribution in [0.1, 0.15) is 38.2 Å².